The van der Waals surface area contributed by atoms with E-state index in [1.165, 1.54) is 18.2 Å². The maximum Gasteiger partial charge on any atom is 0.225 e. The molecule has 2 fully saturated rings. The quantitative estimate of drug-likeness (QED) is 0.876. The Kier molecular flexibility index (Phi) is 5.03. The van der Waals surface area contributed by atoms with Crippen molar-refractivity contribution in [3.05, 3.63) is 35.4 Å². The van der Waals surface area contributed by atoms with Crippen molar-refractivity contribution in [3.63, 3.8) is 0 Å². The van der Waals surface area contributed by atoms with Crippen LogP contribution >= 0.6 is 0 Å². The number of hydrogen-bond donors (Lipinski definition) is 1. The summed E-state index contributed by atoms with van der Waals surface area (Å²) in [7, 11) is 0. The van der Waals surface area contributed by atoms with Crippen LogP contribution in [-0.2, 0) is 20.7 Å². The molecule has 2 atom stereocenters. The molecular weight excluding hydrogens is 330 g/mol. The van der Waals surface area contributed by atoms with E-state index >= 15 is 0 Å². The number of carbonyl (C=O) groups excluding carboxylic acids is 2. The number of benzene rings is 1. The van der Waals surface area contributed by atoms with Crippen molar-refractivity contribution in [1.29, 1.82) is 0 Å². The molecule has 2 saturated heterocycles. The van der Waals surface area contributed by atoms with Crippen LogP contribution < -0.4 is 5.73 Å². The van der Waals surface area contributed by atoms with Gasteiger partial charge in [0.05, 0.1) is 12.0 Å². The molecule has 0 aliphatic carbocycles. The molecule has 0 unspecified atom stereocenters. The average Bonchev–Trinajstić information content (AvgIpc) is 2.98. The summed E-state index contributed by atoms with van der Waals surface area (Å²) in [4.78, 5) is 26.0. The van der Waals surface area contributed by atoms with E-state index in [-0.39, 0.29) is 36.1 Å². The molecule has 2 aliphatic heterocycles. The molecule has 0 aromatic heterocycles. The number of halogens is 2. The van der Waals surface area contributed by atoms with Crippen LogP contribution in [0.15, 0.2) is 18.2 Å². The average molecular weight is 352 g/mol. The molecular formula is C18H22F2N2O3. The number of amides is 2. The number of nitrogens with two attached hydrogens (primary N) is 1. The van der Waals surface area contributed by atoms with E-state index in [1.807, 2.05) is 0 Å². The molecule has 5 nitrogen and oxygen atoms in total. The van der Waals surface area contributed by atoms with Crippen molar-refractivity contribution in [2.75, 3.05) is 26.3 Å². The van der Waals surface area contributed by atoms with Crippen molar-refractivity contribution in [1.82, 2.24) is 4.90 Å². The van der Waals surface area contributed by atoms with Crippen LogP contribution in [0, 0.1) is 23.0 Å². The normalized spacial score (nSPS) is 25.7. The zero-order chi connectivity index (χ0) is 18.0. The first-order valence-electron chi connectivity index (χ1n) is 8.52. The first-order chi connectivity index (χ1) is 11.9. The lowest BCUT2D eigenvalue weighted by molar-refractivity contribution is -0.136. The first kappa shape index (κ1) is 17.8. The van der Waals surface area contributed by atoms with E-state index < -0.39 is 17.0 Å². The third kappa shape index (κ3) is 3.38. The molecule has 2 heterocycles. The number of ether oxygens (including phenoxy) is 1. The van der Waals surface area contributed by atoms with E-state index in [2.05, 4.69) is 0 Å². The SMILES string of the molecule is NC(=O)[C@]12CCOC[C@H]1CN(C(=O)CCCc1c(F)cccc1F)C2. The van der Waals surface area contributed by atoms with Gasteiger partial charge in [-0.3, -0.25) is 9.59 Å². The monoisotopic (exact) mass is 352 g/mol. The van der Waals surface area contributed by atoms with Gasteiger partial charge in [0, 0.05) is 37.6 Å². The summed E-state index contributed by atoms with van der Waals surface area (Å²) in [5.41, 5.74) is 4.90. The van der Waals surface area contributed by atoms with Crippen LogP contribution in [0.2, 0.25) is 0 Å². The van der Waals surface area contributed by atoms with Crippen molar-refractivity contribution in [2.24, 2.45) is 17.1 Å². The molecule has 2 aliphatic rings. The Bertz CT molecular complexity index is 662. The Morgan fingerprint density at radius 3 is 2.68 bits per heavy atom. The second kappa shape index (κ2) is 7.07. The fourth-order valence-corrected chi connectivity index (χ4v) is 3.89. The number of nitrogens with zero attached hydrogens (tertiary/aromatic N) is 1. The zero-order valence-corrected chi connectivity index (χ0v) is 14.0. The lowest BCUT2D eigenvalue weighted by Crippen LogP contribution is -2.48. The Hall–Kier alpha value is -2.02. The van der Waals surface area contributed by atoms with E-state index in [4.69, 9.17) is 10.5 Å². The molecule has 1 aromatic carbocycles. The fourth-order valence-electron chi connectivity index (χ4n) is 3.89. The Balaban J connectivity index is 1.58. The lowest BCUT2D eigenvalue weighted by Gasteiger charge is -2.34. The minimum atomic E-state index is -0.703. The van der Waals surface area contributed by atoms with Gasteiger partial charge in [-0.25, -0.2) is 8.78 Å². The summed E-state index contributed by atoms with van der Waals surface area (Å²) in [6, 6.07) is 3.74. The van der Waals surface area contributed by atoms with E-state index in [0.29, 0.717) is 39.1 Å². The molecule has 1 aromatic rings. The van der Waals surface area contributed by atoms with E-state index in [1.54, 1.807) is 4.90 Å². The van der Waals surface area contributed by atoms with Gasteiger partial charge in [-0.1, -0.05) is 6.07 Å². The highest BCUT2D eigenvalue weighted by atomic mass is 19.1. The summed E-state index contributed by atoms with van der Waals surface area (Å²) < 4.78 is 32.7. The van der Waals surface area contributed by atoms with Crippen molar-refractivity contribution in [3.8, 4) is 0 Å². The van der Waals surface area contributed by atoms with Gasteiger partial charge in [0.1, 0.15) is 11.6 Å². The van der Waals surface area contributed by atoms with E-state index in [0.717, 1.165) is 0 Å². The van der Waals surface area contributed by atoms with Crippen LogP contribution in [0.1, 0.15) is 24.8 Å². The van der Waals surface area contributed by atoms with Gasteiger partial charge in [-0.2, -0.15) is 0 Å². The standard InChI is InChI=1S/C18H22F2N2O3/c19-14-4-2-5-15(20)13(14)3-1-6-16(23)22-9-12-10-25-8-7-18(12,11-22)17(21)24/h2,4-5,12H,1,3,6-11H2,(H2,21,24)/t12-,18+/m1/s1. The van der Waals surface area contributed by atoms with Crippen LogP contribution in [0.3, 0.4) is 0 Å². The number of likely N-dealkylation sites (tertiary alicyclic amines) is 1. The summed E-state index contributed by atoms with van der Waals surface area (Å²) in [6.07, 6.45) is 1.21. The largest absolute Gasteiger partial charge is 0.381 e. The summed E-state index contributed by atoms with van der Waals surface area (Å²) >= 11 is 0. The van der Waals surface area contributed by atoms with Crippen LogP contribution in [0.25, 0.3) is 0 Å². The number of rotatable bonds is 5. The Morgan fingerprint density at radius 2 is 2.04 bits per heavy atom. The Labute approximate surface area is 145 Å². The zero-order valence-electron chi connectivity index (χ0n) is 14.0. The first-order valence-corrected chi connectivity index (χ1v) is 8.52. The van der Waals surface area contributed by atoms with Crippen molar-refractivity contribution < 1.29 is 23.1 Å². The van der Waals surface area contributed by atoms with Gasteiger partial charge in [0.2, 0.25) is 11.8 Å². The van der Waals surface area contributed by atoms with Gasteiger partial charge in [0.25, 0.3) is 0 Å². The molecule has 0 radical (unpaired) electrons. The molecule has 136 valence electrons. The fraction of sp³-hybridized carbons (Fsp3) is 0.556. The lowest BCUT2D eigenvalue weighted by atomic mass is 9.74. The highest BCUT2D eigenvalue weighted by Crippen LogP contribution is 2.42. The van der Waals surface area contributed by atoms with Gasteiger partial charge in [-0.15, -0.1) is 0 Å². The maximum absolute atomic E-state index is 13.6. The summed E-state index contributed by atoms with van der Waals surface area (Å²) in [5, 5.41) is 0. The number of fused-ring (bicyclic) bond motifs is 1. The van der Waals surface area contributed by atoms with Crippen LogP contribution in [0.5, 0.6) is 0 Å². The highest BCUT2D eigenvalue weighted by Gasteiger charge is 2.53. The van der Waals surface area contributed by atoms with Gasteiger partial charge >= 0.3 is 0 Å². The second-order valence-corrected chi connectivity index (χ2v) is 6.87. The van der Waals surface area contributed by atoms with E-state index in [9.17, 15) is 18.4 Å². The van der Waals surface area contributed by atoms with Crippen molar-refractivity contribution >= 4 is 11.8 Å². The van der Waals surface area contributed by atoms with Crippen molar-refractivity contribution in [2.45, 2.75) is 25.7 Å². The van der Waals surface area contributed by atoms with Gasteiger partial charge < -0.3 is 15.4 Å². The molecule has 0 bridgehead atoms. The summed E-state index contributed by atoms with van der Waals surface area (Å²) in [5.74, 6) is -1.77. The second-order valence-electron chi connectivity index (χ2n) is 6.87. The van der Waals surface area contributed by atoms with Gasteiger partial charge in [0.15, 0.2) is 0 Å². The third-order valence-electron chi connectivity index (χ3n) is 5.43. The topological polar surface area (TPSA) is 72.6 Å². The minimum absolute atomic E-state index is 0.00685. The predicted molar refractivity (Wildman–Crippen MR) is 86.4 cm³/mol. The predicted octanol–water partition coefficient (Wildman–Crippen LogP) is 1.64. The molecule has 25 heavy (non-hydrogen) atoms. The smallest absolute Gasteiger partial charge is 0.225 e. The Morgan fingerprint density at radius 1 is 1.32 bits per heavy atom. The van der Waals surface area contributed by atoms with Crippen LogP contribution in [0.4, 0.5) is 8.78 Å². The molecule has 0 saturated carbocycles. The molecule has 2 N–H and O–H groups in total. The number of carbonyl (C=O) groups is 2. The highest BCUT2D eigenvalue weighted by molar-refractivity contribution is 5.84. The van der Waals surface area contributed by atoms with Crippen LogP contribution in [-0.4, -0.2) is 43.0 Å². The number of primary amides is 1. The molecule has 7 heteroatoms. The van der Waals surface area contributed by atoms with Gasteiger partial charge in [-0.05, 0) is 31.4 Å². The maximum atomic E-state index is 13.6. The molecule has 2 amide bonds. The molecule has 0 spiro atoms. The summed E-state index contributed by atoms with van der Waals surface area (Å²) in [6.45, 7) is 1.64. The number of hydrogen-bond acceptors (Lipinski definition) is 3. The molecule has 3 rings (SSSR count). The third-order valence-corrected chi connectivity index (χ3v) is 5.43. The minimum Gasteiger partial charge on any atom is -0.381 e.